The predicted octanol–water partition coefficient (Wildman–Crippen LogP) is 3.22. The number of carbonyl (C=O) groups is 1. The molecule has 0 aliphatic carbocycles. The number of carbonyl (C=O) groups excluding carboxylic acids is 1. The Balaban J connectivity index is 1.96. The molecule has 0 saturated carbocycles. The van der Waals surface area contributed by atoms with E-state index in [-0.39, 0.29) is 5.91 Å². The van der Waals surface area contributed by atoms with Crippen molar-refractivity contribution in [3.8, 4) is 0 Å². The SMILES string of the molecule is CCN(CC)c1cc(C(=O)N2CCCc3ccccc32)nc(C)n1. The zero-order valence-electron chi connectivity index (χ0n) is 14.6. The molecule has 0 atom stereocenters. The number of nitrogens with zero attached hydrogens (tertiary/aromatic N) is 4. The van der Waals surface area contributed by atoms with E-state index >= 15 is 0 Å². The molecular weight excluding hydrogens is 300 g/mol. The number of anilines is 2. The van der Waals surface area contributed by atoms with Crippen molar-refractivity contribution in [3.63, 3.8) is 0 Å². The number of aromatic nitrogens is 2. The number of hydrogen-bond acceptors (Lipinski definition) is 4. The molecule has 3 rings (SSSR count). The maximum atomic E-state index is 13.1. The van der Waals surface area contributed by atoms with E-state index in [1.807, 2.05) is 36.1 Å². The second kappa shape index (κ2) is 6.99. The third kappa shape index (κ3) is 3.11. The van der Waals surface area contributed by atoms with Gasteiger partial charge in [0.15, 0.2) is 0 Å². The highest BCUT2D eigenvalue weighted by Gasteiger charge is 2.25. The Morgan fingerprint density at radius 2 is 1.96 bits per heavy atom. The maximum Gasteiger partial charge on any atom is 0.277 e. The largest absolute Gasteiger partial charge is 0.357 e. The maximum absolute atomic E-state index is 13.1. The highest BCUT2D eigenvalue weighted by molar-refractivity contribution is 6.05. The van der Waals surface area contributed by atoms with Gasteiger partial charge in [-0.2, -0.15) is 0 Å². The lowest BCUT2D eigenvalue weighted by Crippen LogP contribution is -2.36. The van der Waals surface area contributed by atoms with Crippen LogP contribution in [0.25, 0.3) is 0 Å². The molecule has 0 fully saturated rings. The molecule has 2 heterocycles. The van der Waals surface area contributed by atoms with Gasteiger partial charge in [0.2, 0.25) is 0 Å². The summed E-state index contributed by atoms with van der Waals surface area (Å²) in [6.07, 6.45) is 2.00. The molecule has 0 saturated heterocycles. The summed E-state index contributed by atoms with van der Waals surface area (Å²) in [7, 11) is 0. The molecule has 2 aromatic rings. The average molecular weight is 324 g/mol. The van der Waals surface area contributed by atoms with E-state index in [2.05, 4.69) is 34.8 Å². The zero-order valence-corrected chi connectivity index (χ0v) is 14.6. The van der Waals surface area contributed by atoms with Crippen LogP contribution < -0.4 is 9.80 Å². The Kier molecular flexibility index (Phi) is 4.79. The van der Waals surface area contributed by atoms with E-state index in [1.165, 1.54) is 5.56 Å². The van der Waals surface area contributed by atoms with Crippen LogP contribution in [0.1, 0.15) is 42.1 Å². The van der Waals surface area contributed by atoms with Gasteiger partial charge in [-0.05, 0) is 45.2 Å². The second-order valence-corrected chi connectivity index (χ2v) is 6.02. The molecule has 0 bridgehead atoms. The first kappa shape index (κ1) is 16.4. The van der Waals surface area contributed by atoms with Crippen molar-refractivity contribution in [2.24, 2.45) is 0 Å². The molecule has 5 nitrogen and oxygen atoms in total. The van der Waals surface area contributed by atoms with Crippen LogP contribution in [0.4, 0.5) is 11.5 Å². The van der Waals surface area contributed by atoms with Gasteiger partial charge < -0.3 is 9.80 Å². The Morgan fingerprint density at radius 1 is 1.21 bits per heavy atom. The van der Waals surface area contributed by atoms with Crippen molar-refractivity contribution >= 4 is 17.4 Å². The molecule has 1 aromatic carbocycles. The van der Waals surface area contributed by atoms with Crippen LogP contribution in [0.3, 0.4) is 0 Å². The minimum Gasteiger partial charge on any atom is -0.357 e. The average Bonchev–Trinajstić information content (AvgIpc) is 2.61. The minimum atomic E-state index is -0.0407. The quantitative estimate of drug-likeness (QED) is 0.866. The Bertz CT molecular complexity index is 740. The first-order valence-corrected chi connectivity index (χ1v) is 8.64. The summed E-state index contributed by atoms with van der Waals surface area (Å²) in [6.45, 7) is 8.46. The van der Waals surface area contributed by atoms with Crippen LogP contribution in [0.15, 0.2) is 30.3 Å². The zero-order chi connectivity index (χ0) is 17.1. The van der Waals surface area contributed by atoms with Crippen LogP contribution in [-0.2, 0) is 6.42 Å². The molecule has 1 aromatic heterocycles. The lowest BCUT2D eigenvalue weighted by atomic mass is 10.0. The Hall–Kier alpha value is -2.43. The third-order valence-corrected chi connectivity index (χ3v) is 4.49. The van der Waals surface area contributed by atoms with Crippen molar-refractivity contribution in [1.82, 2.24) is 9.97 Å². The number of hydrogen-bond donors (Lipinski definition) is 0. The fraction of sp³-hybridized carbons (Fsp3) is 0.421. The lowest BCUT2D eigenvalue weighted by molar-refractivity contribution is 0.0980. The van der Waals surface area contributed by atoms with Crippen LogP contribution in [0.2, 0.25) is 0 Å². The lowest BCUT2D eigenvalue weighted by Gasteiger charge is -2.29. The fourth-order valence-electron chi connectivity index (χ4n) is 3.25. The van der Waals surface area contributed by atoms with E-state index in [4.69, 9.17) is 0 Å². The van der Waals surface area contributed by atoms with Gasteiger partial charge >= 0.3 is 0 Å². The molecule has 1 amide bonds. The van der Waals surface area contributed by atoms with Gasteiger partial charge in [-0.25, -0.2) is 9.97 Å². The van der Waals surface area contributed by atoms with Crippen LogP contribution in [0.5, 0.6) is 0 Å². The van der Waals surface area contributed by atoms with Crippen LogP contribution in [-0.4, -0.2) is 35.5 Å². The van der Waals surface area contributed by atoms with Crippen molar-refractivity contribution in [2.75, 3.05) is 29.4 Å². The van der Waals surface area contributed by atoms with Crippen molar-refractivity contribution in [2.45, 2.75) is 33.6 Å². The number of fused-ring (bicyclic) bond motifs is 1. The third-order valence-electron chi connectivity index (χ3n) is 4.49. The number of para-hydroxylation sites is 1. The van der Waals surface area contributed by atoms with Gasteiger partial charge in [0.1, 0.15) is 17.3 Å². The molecule has 1 aliphatic rings. The van der Waals surface area contributed by atoms with Crippen molar-refractivity contribution in [3.05, 3.63) is 47.4 Å². The van der Waals surface area contributed by atoms with Gasteiger partial charge in [0.05, 0.1) is 0 Å². The first-order valence-electron chi connectivity index (χ1n) is 8.64. The summed E-state index contributed by atoms with van der Waals surface area (Å²) < 4.78 is 0. The Morgan fingerprint density at radius 3 is 2.71 bits per heavy atom. The highest BCUT2D eigenvalue weighted by atomic mass is 16.2. The number of amides is 1. The molecule has 126 valence electrons. The van der Waals surface area contributed by atoms with Crippen molar-refractivity contribution in [1.29, 1.82) is 0 Å². The van der Waals surface area contributed by atoms with Crippen LogP contribution in [0, 0.1) is 6.92 Å². The molecule has 5 heteroatoms. The summed E-state index contributed by atoms with van der Waals surface area (Å²) >= 11 is 0. The standard InChI is InChI=1S/C19H24N4O/c1-4-22(5-2)18-13-16(20-14(3)21-18)19(24)23-12-8-10-15-9-6-7-11-17(15)23/h6-7,9,11,13H,4-5,8,10,12H2,1-3H3. The number of aryl methyl sites for hydroxylation is 2. The summed E-state index contributed by atoms with van der Waals surface area (Å²) in [4.78, 5) is 26.0. The van der Waals surface area contributed by atoms with E-state index in [1.54, 1.807) is 0 Å². The molecule has 0 spiro atoms. The van der Waals surface area contributed by atoms with E-state index in [9.17, 15) is 4.79 Å². The molecular formula is C19H24N4O. The molecule has 0 unspecified atom stereocenters. The minimum absolute atomic E-state index is 0.0407. The highest BCUT2D eigenvalue weighted by Crippen LogP contribution is 2.28. The normalized spacial score (nSPS) is 13.5. The monoisotopic (exact) mass is 324 g/mol. The van der Waals surface area contributed by atoms with Gasteiger partial charge in [0.25, 0.3) is 5.91 Å². The van der Waals surface area contributed by atoms with Gasteiger partial charge in [0, 0.05) is 31.4 Å². The topological polar surface area (TPSA) is 49.3 Å². The summed E-state index contributed by atoms with van der Waals surface area (Å²) in [5, 5.41) is 0. The molecule has 0 N–H and O–H groups in total. The van der Waals surface area contributed by atoms with Crippen molar-refractivity contribution < 1.29 is 4.79 Å². The van der Waals surface area contributed by atoms with E-state index in [0.29, 0.717) is 11.5 Å². The predicted molar refractivity (Wildman–Crippen MR) is 96.8 cm³/mol. The smallest absolute Gasteiger partial charge is 0.277 e. The number of benzene rings is 1. The fourth-order valence-corrected chi connectivity index (χ4v) is 3.25. The molecule has 24 heavy (non-hydrogen) atoms. The van der Waals surface area contributed by atoms with Crippen LogP contribution >= 0.6 is 0 Å². The van der Waals surface area contributed by atoms with Gasteiger partial charge in [-0.3, -0.25) is 4.79 Å². The second-order valence-electron chi connectivity index (χ2n) is 6.02. The van der Waals surface area contributed by atoms with Gasteiger partial charge in [-0.1, -0.05) is 18.2 Å². The summed E-state index contributed by atoms with van der Waals surface area (Å²) in [5.41, 5.74) is 2.71. The van der Waals surface area contributed by atoms with Gasteiger partial charge in [-0.15, -0.1) is 0 Å². The molecule has 1 aliphatic heterocycles. The Labute approximate surface area is 143 Å². The summed E-state index contributed by atoms with van der Waals surface area (Å²) in [5.74, 6) is 1.41. The molecule has 0 radical (unpaired) electrons. The van der Waals surface area contributed by atoms with E-state index in [0.717, 1.165) is 44.0 Å². The number of rotatable bonds is 4. The first-order chi connectivity index (χ1) is 11.6. The van der Waals surface area contributed by atoms with E-state index < -0.39 is 0 Å². The summed E-state index contributed by atoms with van der Waals surface area (Å²) in [6, 6.07) is 9.95.